The lowest BCUT2D eigenvalue weighted by molar-refractivity contribution is -0.121. The Morgan fingerprint density at radius 3 is 2.43 bits per heavy atom. The number of hydrogen-bond donors (Lipinski definition) is 2. The second kappa shape index (κ2) is 7.76. The molecule has 4 nitrogen and oxygen atoms in total. The summed E-state index contributed by atoms with van der Waals surface area (Å²) in [5.74, 6) is 0.129. The minimum absolute atomic E-state index is 0.129. The zero-order valence-electron chi connectivity index (χ0n) is 9.76. The first-order valence-electron chi connectivity index (χ1n) is 5.17. The monoisotopic (exact) mass is 201 g/mol. The number of carbonyl (C=O) groups is 1. The molecule has 0 aromatic carbocycles. The van der Waals surface area contributed by atoms with Gasteiger partial charge in [0.05, 0.1) is 0 Å². The third-order valence-corrected chi connectivity index (χ3v) is 1.79. The van der Waals surface area contributed by atoms with Crippen LogP contribution in [0.4, 0.5) is 0 Å². The molecule has 0 unspecified atom stereocenters. The predicted octanol–water partition coefficient (Wildman–Crippen LogP) is 0.0523. The Morgan fingerprint density at radius 1 is 1.29 bits per heavy atom. The highest BCUT2D eigenvalue weighted by Gasteiger charge is 2.00. The van der Waals surface area contributed by atoms with Crippen LogP contribution in [0.5, 0.6) is 0 Å². The quantitative estimate of drug-likeness (QED) is 0.572. The summed E-state index contributed by atoms with van der Waals surface area (Å²) >= 11 is 0. The fourth-order valence-electron chi connectivity index (χ4n) is 0.976. The van der Waals surface area contributed by atoms with Crippen LogP contribution in [0.1, 0.15) is 20.3 Å². The third-order valence-electron chi connectivity index (χ3n) is 1.79. The van der Waals surface area contributed by atoms with Crippen molar-refractivity contribution < 1.29 is 4.79 Å². The van der Waals surface area contributed by atoms with Gasteiger partial charge in [0.25, 0.3) is 0 Å². The second-order valence-corrected chi connectivity index (χ2v) is 4.01. The van der Waals surface area contributed by atoms with Gasteiger partial charge in [-0.2, -0.15) is 0 Å². The first-order chi connectivity index (χ1) is 6.52. The molecule has 84 valence electrons. The maximum Gasteiger partial charge on any atom is 0.221 e. The Balaban J connectivity index is 3.27. The van der Waals surface area contributed by atoms with E-state index in [0.717, 1.165) is 13.1 Å². The van der Waals surface area contributed by atoms with E-state index in [4.69, 9.17) is 0 Å². The number of nitrogens with zero attached hydrogens (tertiary/aromatic N) is 1. The summed E-state index contributed by atoms with van der Waals surface area (Å²) in [6, 6.07) is 0.480. The van der Waals surface area contributed by atoms with Crippen molar-refractivity contribution in [1.82, 2.24) is 15.5 Å². The fraction of sp³-hybridized carbons (Fsp3) is 0.900. The van der Waals surface area contributed by atoms with E-state index in [1.165, 1.54) is 0 Å². The lowest BCUT2D eigenvalue weighted by atomic mass is 10.3. The number of nitrogens with one attached hydrogen (secondary N) is 2. The molecule has 0 saturated heterocycles. The van der Waals surface area contributed by atoms with Crippen molar-refractivity contribution in [1.29, 1.82) is 0 Å². The summed E-state index contributed by atoms with van der Waals surface area (Å²) < 4.78 is 0. The van der Waals surface area contributed by atoms with Crippen LogP contribution in [0.15, 0.2) is 0 Å². The molecular formula is C10H23N3O. The number of amides is 1. The molecule has 0 spiro atoms. The molecule has 0 aromatic heterocycles. The Bertz CT molecular complexity index is 157. The molecule has 0 aliphatic carbocycles. The second-order valence-electron chi connectivity index (χ2n) is 4.01. The van der Waals surface area contributed by atoms with Gasteiger partial charge >= 0.3 is 0 Å². The molecule has 14 heavy (non-hydrogen) atoms. The summed E-state index contributed by atoms with van der Waals surface area (Å²) in [7, 11) is 3.93. The molecule has 2 N–H and O–H groups in total. The molecule has 0 aliphatic heterocycles. The average molecular weight is 201 g/mol. The summed E-state index contributed by atoms with van der Waals surface area (Å²) in [4.78, 5) is 13.2. The van der Waals surface area contributed by atoms with Crippen LogP contribution in [0.2, 0.25) is 0 Å². The molecule has 0 aliphatic rings. The number of rotatable bonds is 7. The highest BCUT2D eigenvalue weighted by atomic mass is 16.1. The van der Waals surface area contributed by atoms with Gasteiger partial charge in [0.1, 0.15) is 0 Å². The Hall–Kier alpha value is -0.610. The summed E-state index contributed by atoms with van der Waals surface area (Å²) in [5, 5.41) is 6.11. The minimum Gasteiger partial charge on any atom is -0.355 e. The van der Waals surface area contributed by atoms with E-state index in [0.29, 0.717) is 19.0 Å². The Kier molecular flexibility index (Phi) is 7.42. The summed E-state index contributed by atoms with van der Waals surface area (Å²) in [6.45, 7) is 6.54. The highest BCUT2D eigenvalue weighted by molar-refractivity contribution is 5.76. The van der Waals surface area contributed by atoms with Crippen LogP contribution in [0.25, 0.3) is 0 Å². The van der Waals surface area contributed by atoms with Crippen LogP contribution in [-0.2, 0) is 4.79 Å². The van der Waals surface area contributed by atoms with Crippen LogP contribution in [0, 0.1) is 0 Å². The lowest BCUT2D eigenvalue weighted by Gasteiger charge is -2.11. The van der Waals surface area contributed by atoms with Gasteiger partial charge in [0, 0.05) is 32.1 Å². The maximum absolute atomic E-state index is 11.2. The number of hydrogen-bond acceptors (Lipinski definition) is 3. The van der Waals surface area contributed by atoms with Gasteiger partial charge in [-0.05, 0) is 14.1 Å². The van der Waals surface area contributed by atoms with Crippen molar-refractivity contribution >= 4 is 5.91 Å². The molecule has 4 heteroatoms. The molecule has 0 rings (SSSR count). The molecule has 0 saturated carbocycles. The van der Waals surface area contributed by atoms with Gasteiger partial charge < -0.3 is 15.5 Å². The summed E-state index contributed by atoms with van der Waals surface area (Å²) in [5.41, 5.74) is 0. The molecule has 0 aromatic rings. The zero-order chi connectivity index (χ0) is 11.0. The van der Waals surface area contributed by atoms with Crippen molar-refractivity contribution in [2.75, 3.05) is 33.7 Å². The molecular weight excluding hydrogens is 178 g/mol. The van der Waals surface area contributed by atoms with Crippen molar-refractivity contribution in [2.45, 2.75) is 26.3 Å². The molecule has 0 radical (unpaired) electrons. The van der Waals surface area contributed by atoms with E-state index in [1.807, 2.05) is 19.0 Å². The molecule has 0 heterocycles. The van der Waals surface area contributed by atoms with Crippen LogP contribution >= 0.6 is 0 Å². The van der Waals surface area contributed by atoms with E-state index >= 15 is 0 Å². The maximum atomic E-state index is 11.2. The zero-order valence-corrected chi connectivity index (χ0v) is 9.76. The third kappa shape index (κ3) is 9.48. The Morgan fingerprint density at radius 2 is 1.93 bits per heavy atom. The SMILES string of the molecule is CC(C)NCCNC(=O)CCN(C)C. The Labute approximate surface area is 87.0 Å². The van der Waals surface area contributed by atoms with Crippen molar-refractivity contribution in [3.63, 3.8) is 0 Å². The first-order valence-corrected chi connectivity index (χ1v) is 5.17. The topological polar surface area (TPSA) is 44.4 Å². The van der Waals surface area contributed by atoms with Gasteiger partial charge in [-0.15, -0.1) is 0 Å². The molecule has 0 bridgehead atoms. The summed E-state index contributed by atoms with van der Waals surface area (Å²) in [6.07, 6.45) is 0.578. The van der Waals surface area contributed by atoms with E-state index in [1.54, 1.807) is 0 Å². The lowest BCUT2D eigenvalue weighted by Crippen LogP contribution is -2.35. The van der Waals surface area contributed by atoms with E-state index in [9.17, 15) is 4.79 Å². The van der Waals surface area contributed by atoms with Gasteiger partial charge in [-0.25, -0.2) is 0 Å². The normalized spacial score (nSPS) is 11.0. The highest BCUT2D eigenvalue weighted by Crippen LogP contribution is 1.82. The molecule has 0 fully saturated rings. The van der Waals surface area contributed by atoms with Crippen molar-refractivity contribution in [3.05, 3.63) is 0 Å². The first kappa shape index (κ1) is 13.4. The van der Waals surface area contributed by atoms with Crippen LogP contribution in [-0.4, -0.2) is 50.6 Å². The van der Waals surface area contributed by atoms with Gasteiger partial charge in [-0.1, -0.05) is 13.8 Å². The van der Waals surface area contributed by atoms with E-state index in [2.05, 4.69) is 24.5 Å². The largest absolute Gasteiger partial charge is 0.355 e. The fourth-order valence-corrected chi connectivity index (χ4v) is 0.976. The van der Waals surface area contributed by atoms with E-state index in [-0.39, 0.29) is 5.91 Å². The van der Waals surface area contributed by atoms with E-state index < -0.39 is 0 Å². The van der Waals surface area contributed by atoms with Crippen molar-refractivity contribution in [3.8, 4) is 0 Å². The predicted molar refractivity (Wildman–Crippen MR) is 59.3 cm³/mol. The minimum atomic E-state index is 0.129. The van der Waals surface area contributed by atoms with Crippen LogP contribution < -0.4 is 10.6 Å². The van der Waals surface area contributed by atoms with Gasteiger partial charge in [-0.3, -0.25) is 4.79 Å². The van der Waals surface area contributed by atoms with Crippen LogP contribution in [0.3, 0.4) is 0 Å². The average Bonchev–Trinajstić information content (AvgIpc) is 2.08. The smallest absolute Gasteiger partial charge is 0.221 e. The number of carbonyl (C=O) groups excluding carboxylic acids is 1. The van der Waals surface area contributed by atoms with Gasteiger partial charge in [0.2, 0.25) is 5.91 Å². The molecule has 0 atom stereocenters. The van der Waals surface area contributed by atoms with Crippen molar-refractivity contribution in [2.24, 2.45) is 0 Å². The van der Waals surface area contributed by atoms with Gasteiger partial charge in [0.15, 0.2) is 0 Å². The standard InChI is InChI=1S/C10H23N3O/c1-9(2)11-6-7-12-10(14)5-8-13(3)4/h9,11H,5-8H2,1-4H3,(H,12,14). The molecule has 1 amide bonds.